The van der Waals surface area contributed by atoms with Crippen LogP contribution in [-0.2, 0) is 28.9 Å². The Balaban J connectivity index is 1.74. The van der Waals surface area contributed by atoms with Crippen molar-refractivity contribution < 1.29 is 14.1 Å². The number of hydrogen-bond donors (Lipinski definition) is 1. The van der Waals surface area contributed by atoms with E-state index in [-0.39, 0.29) is 18.4 Å². The fourth-order valence-electron chi connectivity index (χ4n) is 2.74. The molecule has 1 N–H and O–H groups in total. The van der Waals surface area contributed by atoms with Gasteiger partial charge >= 0.3 is 0 Å². The second-order valence-electron chi connectivity index (χ2n) is 6.52. The molecule has 2 amide bonds. The van der Waals surface area contributed by atoms with Crippen LogP contribution in [0.1, 0.15) is 50.4 Å². The molecule has 0 aliphatic rings. The highest BCUT2D eigenvalue weighted by molar-refractivity contribution is 5.95. The van der Waals surface area contributed by atoms with Gasteiger partial charge in [-0.15, -0.1) is 0 Å². The Morgan fingerprint density at radius 2 is 1.96 bits per heavy atom. The van der Waals surface area contributed by atoms with Crippen LogP contribution in [0.4, 0.5) is 5.69 Å². The number of hydrogen-bond acceptors (Lipinski definition) is 5. The number of para-hydroxylation sites is 1. The van der Waals surface area contributed by atoms with Gasteiger partial charge in [0.15, 0.2) is 5.82 Å². The van der Waals surface area contributed by atoms with Crippen molar-refractivity contribution in [3.63, 3.8) is 0 Å². The lowest BCUT2D eigenvalue weighted by atomic mass is 10.1. The number of amides is 2. The summed E-state index contributed by atoms with van der Waals surface area (Å²) in [7, 11) is 1.64. The zero-order chi connectivity index (χ0) is 19.6. The van der Waals surface area contributed by atoms with Crippen LogP contribution < -0.4 is 5.32 Å². The molecule has 0 bridgehead atoms. The average molecular weight is 372 g/mol. The Hall–Kier alpha value is -2.70. The fourth-order valence-corrected chi connectivity index (χ4v) is 2.74. The summed E-state index contributed by atoms with van der Waals surface area (Å²) in [5.74, 6) is 0.984. The van der Waals surface area contributed by atoms with Crippen LogP contribution >= 0.6 is 0 Å². The van der Waals surface area contributed by atoms with E-state index in [1.54, 1.807) is 7.05 Å². The van der Waals surface area contributed by atoms with Gasteiger partial charge < -0.3 is 14.7 Å². The van der Waals surface area contributed by atoms with Crippen LogP contribution in [0.25, 0.3) is 0 Å². The number of aryl methyl sites for hydroxylation is 3. The molecule has 1 heterocycles. The Kier molecular flexibility index (Phi) is 7.98. The molecule has 0 saturated heterocycles. The normalized spacial score (nSPS) is 10.6. The average Bonchev–Trinajstić information content (AvgIpc) is 3.09. The molecular formula is C20H28N4O3. The lowest BCUT2D eigenvalue weighted by Gasteiger charge is -2.17. The van der Waals surface area contributed by atoms with Gasteiger partial charge in [-0.1, -0.05) is 37.2 Å². The predicted molar refractivity (Wildman–Crippen MR) is 103 cm³/mol. The Bertz CT molecular complexity index is 757. The maximum atomic E-state index is 12.2. The Morgan fingerprint density at radius 3 is 2.70 bits per heavy atom. The first-order valence-electron chi connectivity index (χ1n) is 9.46. The molecule has 0 saturated carbocycles. The quantitative estimate of drug-likeness (QED) is 0.692. The van der Waals surface area contributed by atoms with Crippen molar-refractivity contribution in [2.24, 2.45) is 0 Å². The van der Waals surface area contributed by atoms with Crippen LogP contribution in [0.5, 0.6) is 0 Å². The molecule has 2 aromatic rings. The minimum absolute atomic E-state index is 0.0259. The molecule has 0 atom stereocenters. The van der Waals surface area contributed by atoms with Gasteiger partial charge in [-0.25, -0.2) is 0 Å². The maximum Gasteiger partial charge on any atom is 0.243 e. The van der Waals surface area contributed by atoms with E-state index in [4.69, 9.17) is 4.52 Å². The van der Waals surface area contributed by atoms with Crippen LogP contribution in [0, 0.1) is 0 Å². The van der Waals surface area contributed by atoms with E-state index < -0.39 is 0 Å². The molecule has 7 heteroatoms. The van der Waals surface area contributed by atoms with Crippen LogP contribution in [0.3, 0.4) is 0 Å². The van der Waals surface area contributed by atoms with E-state index in [0.717, 1.165) is 30.5 Å². The van der Waals surface area contributed by atoms with Gasteiger partial charge in [-0.2, -0.15) is 4.98 Å². The number of nitrogens with one attached hydrogen (secondary N) is 1. The highest BCUT2D eigenvalue weighted by atomic mass is 16.5. The van der Waals surface area contributed by atoms with Crippen molar-refractivity contribution in [2.75, 3.05) is 18.9 Å². The zero-order valence-electron chi connectivity index (χ0n) is 16.3. The zero-order valence-corrected chi connectivity index (χ0v) is 16.3. The van der Waals surface area contributed by atoms with E-state index in [2.05, 4.69) is 22.4 Å². The standard InChI is InChI=1S/C20H28N4O3/c1-4-9-17-22-19(27-23-17)12-8-13-20(26)24(3)14-18(25)21-16-11-7-6-10-15(16)5-2/h6-7,10-11H,4-5,8-9,12-14H2,1-3H3,(H,21,25). The summed E-state index contributed by atoms with van der Waals surface area (Å²) < 4.78 is 5.16. The topological polar surface area (TPSA) is 88.3 Å². The first kappa shape index (κ1) is 20.6. The number of rotatable bonds is 10. The monoisotopic (exact) mass is 372 g/mol. The molecular weight excluding hydrogens is 344 g/mol. The molecule has 1 aromatic carbocycles. The van der Waals surface area contributed by atoms with Gasteiger partial charge in [0.2, 0.25) is 17.7 Å². The van der Waals surface area contributed by atoms with Gasteiger partial charge in [0.1, 0.15) is 0 Å². The smallest absolute Gasteiger partial charge is 0.243 e. The van der Waals surface area contributed by atoms with Gasteiger partial charge in [0.25, 0.3) is 0 Å². The first-order valence-corrected chi connectivity index (χ1v) is 9.46. The first-order chi connectivity index (χ1) is 13.0. The Labute approximate surface area is 160 Å². The summed E-state index contributed by atoms with van der Waals surface area (Å²) in [5.41, 5.74) is 1.87. The van der Waals surface area contributed by atoms with Crippen molar-refractivity contribution in [1.82, 2.24) is 15.0 Å². The molecule has 7 nitrogen and oxygen atoms in total. The second-order valence-corrected chi connectivity index (χ2v) is 6.52. The lowest BCUT2D eigenvalue weighted by molar-refractivity contribution is -0.133. The summed E-state index contributed by atoms with van der Waals surface area (Å²) in [4.78, 5) is 30.2. The summed E-state index contributed by atoms with van der Waals surface area (Å²) in [6.07, 6.45) is 4.10. The van der Waals surface area contributed by atoms with Crippen molar-refractivity contribution in [1.29, 1.82) is 0 Å². The Morgan fingerprint density at radius 1 is 1.19 bits per heavy atom. The molecule has 27 heavy (non-hydrogen) atoms. The summed E-state index contributed by atoms with van der Waals surface area (Å²) >= 11 is 0. The third kappa shape index (κ3) is 6.51. The number of anilines is 1. The van der Waals surface area contributed by atoms with Gasteiger partial charge in [0.05, 0.1) is 6.54 Å². The number of carbonyl (C=O) groups is 2. The van der Waals surface area contributed by atoms with Crippen LogP contribution in [0.15, 0.2) is 28.8 Å². The third-order valence-corrected chi connectivity index (χ3v) is 4.24. The molecule has 0 spiro atoms. The number of carbonyl (C=O) groups excluding carboxylic acids is 2. The van der Waals surface area contributed by atoms with E-state index in [1.807, 2.05) is 31.2 Å². The number of benzene rings is 1. The van der Waals surface area contributed by atoms with Gasteiger partial charge in [-0.3, -0.25) is 9.59 Å². The van der Waals surface area contributed by atoms with Gasteiger partial charge in [-0.05, 0) is 30.9 Å². The predicted octanol–water partition coefficient (Wildman–Crippen LogP) is 3.00. The molecule has 0 radical (unpaired) electrons. The highest BCUT2D eigenvalue weighted by Gasteiger charge is 2.14. The molecule has 1 aromatic heterocycles. The van der Waals surface area contributed by atoms with Crippen LogP contribution in [-0.4, -0.2) is 40.4 Å². The minimum Gasteiger partial charge on any atom is -0.339 e. The number of aromatic nitrogens is 2. The number of nitrogens with zero attached hydrogens (tertiary/aromatic N) is 3. The van der Waals surface area contributed by atoms with Gasteiger partial charge in [0, 0.05) is 32.0 Å². The molecule has 0 fully saturated rings. The largest absolute Gasteiger partial charge is 0.339 e. The minimum atomic E-state index is -0.201. The molecule has 146 valence electrons. The summed E-state index contributed by atoms with van der Waals surface area (Å²) in [6, 6.07) is 7.68. The second kappa shape index (κ2) is 10.4. The molecule has 0 aliphatic carbocycles. The number of likely N-dealkylation sites (N-methyl/N-ethyl adjacent to an activating group) is 1. The fraction of sp³-hybridized carbons (Fsp3) is 0.500. The van der Waals surface area contributed by atoms with Crippen molar-refractivity contribution in [3.8, 4) is 0 Å². The van der Waals surface area contributed by atoms with Crippen molar-refractivity contribution >= 4 is 17.5 Å². The molecule has 2 rings (SSSR count). The van der Waals surface area contributed by atoms with E-state index >= 15 is 0 Å². The lowest BCUT2D eigenvalue weighted by Crippen LogP contribution is -2.35. The van der Waals surface area contributed by atoms with Crippen molar-refractivity contribution in [3.05, 3.63) is 41.5 Å². The van der Waals surface area contributed by atoms with Crippen molar-refractivity contribution in [2.45, 2.75) is 52.4 Å². The van der Waals surface area contributed by atoms with Crippen LogP contribution in [0.2, 0.25) is 0 Å². The third-order valence-electron chi connectivity index (χ3n) is 4.24. The van der Waals surface area contributed by atoms with E-state index in [0.29, 0.717) is 31.0 Å². The SMILES string of the molecule is CCCc1noc(CCCC(=O)N(C)CC(=O)Nc2ccccc2CC)n1. The highest BCUT2D eigenvalue weighted by Crippen LogP contribution is 2.15. The molecule has 0 aliphatic heterocycles. The molecule has 0 unspecified atom stereocenters. The van der Waals surface area contributed by atoms with E-state index in [9.17, 15) is 9.59 Å². The summed E-state index contributed by atoms with van der Waals surface area (Å²) in [5, 5.41) is 6.78. The maximum absolute atomic E-state index is 12.2. The summed E-state index contributed by atoms with van der Waals surface area (Å²) in [6.45, 7) is 4.12. The van der Waals surface area contributed by atoms with E-state index in [1.165, 1.54) is 4.90 Å².